The van der Waals surface area contributed by atoms with Crippen molar-refractivity contribution in [1.82, 2.24) is 0 Å². The molecule has 0 atom stereocenters. The van der Waals surface area contributed by atoms with Gasteiger partial charge in [-0.25, -0.2) is 0 Å². The van der Waals surface area contributed by atoms with E-state index in [1.807, 2.05) is 0 Å². The Bertz CT molecular complexity index is 276. The first-order chi connectivity index (χ1) is 5.83. The summed E-state index contributed by atoms with van der Waals surface area (Å²) in [5, 5.41) is 0. The van der Waals surface area contributed by atoms with Crippen LogP contribution in [0, 0.1) is 0 Å². The predicted octanol–water partition coefficient (Wildman–Crippen LogP) is 4.78. The standard InChI is InChI=1S/C10H15.2ClH.Co/c1-6-7(2)9(4)10(5)8(6)3;;;/h1-5H3;2*1H;/q;;;+2/p-2. The van der Waals surface area contributed by atoms with Crippen molar-refractivity contribution < 1.29 is 11.9 Å². The fraction of sp³-hybridized carbons (Fsp3) is 0.600. The minimum atomic E-state index is -0.965. The molecule has 0 amide bonds. The molecule has 0 nitrogen and oxygen atoms in total. The Kier molecular flexibility index (Phi) is 3.24. The minimum absolute atomic E-state index is 0.0930. The van der Waals surface area contributed by atoms with E-state index in [1.54, 1.807) is 0 Å². The molecule has 0 aromatic rings. The van der Waals surface area contributed by atoms with E-state index in [9.17, 15) is 0 Å². The average Bonchev–Trinajstić information content (AvgIpc) is 2.22. The molecule has 0 radical (unpaired) electrons. The molecule has 1 aliphatic rings. The molecule has 0 aromatic carbocycles. The van der Waals surface area contributed by atoms with Crippen LogP contribution in [0.15, 0.2) is 22.3 Å². The van der Waals surface area contributed by atoms with Gasteiger partial charge in [0.2, 0.25) is 0 Å². The summed E-state index contributed by atoms with van der Waals surface area (Å²) in [6.45, 7) is 10.7. The molecule has 13 heavy (non-hydrogen) atoms. The van der Waals surface area contributed by atoms with Crippen LogP contribution in [0.2, 0.25) is 4.35 Å². The number of rotatable bonds is 1. The summed E-state index contributed by atoms with van der Waals surface area (Å²) in [7, 11) is 12.2. The van der Waals surface area contributed by atoms with Gasteiger partial charge in [0, 0.05) is 0 Å². The van der Waals surface area contributed by atoms with Crippen LogP contribution in [-0.4, -0.2) is 0 Å². The first-order valence-electron chi connectivity index (χ1n) is 4.17. The molecule has 1 aliphatic carbocycles. The van der Waals surface area contributed by atoms with E-state index in [4.69, 9.17) is 20.3 Å². The van der Waals surface area contributed by atoms with Gasteiger partial charge in [0.1, 0.15) is 0 Å². The van der Waals surface area contributed by atoms with Crippen molar-refractivity contribution in [3.63, 3.8) is 0 Å². The Morgan fingerprint density at radius 1 is 0.923 bits per heavy atom. The van der Waals surface area contributed by atoms with Gasteiger partial charge < -0.3 is 0 Å². The van der Waals surface area contributed by atoms with Crippen molar-refractivity contribution in [3.8, 4) is 0 Å². The topological polar surface area (TPSA) is 0 Å². The molecule has 0 heterocycles. The van der Waals surface area contributed by atoms with E-state index < -0.39 is 11.9 Å². The Morgan fingerprint density at radius 3 is 1.38 bits per heavy atom. The summed E-state index contributed by atoms with van der Waals surface area (Å²) in [5.74, 6) is 0. The van der Waals surface area contributed by atoms with Gasteiger partial charge in [0.05, 0.1) is 0 Å². The third kappa shape index (κ3) is 1.50. The van der Waals surface area contributed by atoms with Crippen LogP contribution in [0.5, 0.6) is 0 Å². The van der Waals surface area contributed by atoms with Crippen molar-refractivity contribution in [1.29, 1.82) is 0 Å². The molecule has 1 rings (SSSR count). The molecule has 0 saturated heterocycles. The molecular formula is C10H15Cl2Co. The van der Waals surface area contributed by atoms with Crippen LogP contribution >= 0.6 is 20.3 Å². The van der Waals surface area contributed by atoms with Crippen molar-refractivity contribution in [3.05, 3.63) is 22.3 Å². The van der Waals surface area contributed by atoms with Gasteiger partial charge in [-0.15, -0.1) is 0 Å². The molecule has 0 unspecified atom stereocenters. The summed E-state index contributed by atoms with van der Waals surface area (Å²) < 4.78 is -0.0930. The molecule has 78 valence electrons. The van der Waals surface area contributed by atoms with Crippen LogP contribution < -0.4 is 0 Å². The van der Waals surface area contributed by atoms with Crippen molar-refractivity contribution in [2.75, 3.05) is 0 Å². The SMILES string of the molecule is CC1=C(C)[C](C)([Co]([Cl])[Cl])C(C)=C1C. The van der Waals surface area contributed by atoms with E-state index in [2.05, 4.69) is 34.6 Å². The summed E-state index contributed by atoms with van der Waals surface area (Å²) >= 11 is -0.965. The van der Waals surface area contributed by atoms with Gasteiger partial charge in [-0.05, 0) is 0 Å². The van der Waals surface area contributed by atoms with Crippen LogP contribution in [0.1, 0.15) is 34.6 Å². The van der Waals surface area contributed by atoms with Gasteiger partial charge in [-0.3, -0.25) is 0 Å². The monoisotopic (exact) mass is 264 g/mol. The summed E-state index contributed by atoms with van der Waals surface area (Å²) in [6.07, 6.45) is 0. The molecule has 0 bridgehead atoms. The summed E-state index contributed by atoms with van der Waals surface area (Å²) in [6, 6.07) is 0. The number of hydrogen-bond acceptors (Lipinski definition) is 0. The zero-order valence-electron chi connectivity index (χ0n) is 8.59. The van der Waals surface area contributed by atoms with E-state index in [-0.39, 0.29) is 4.35 Å². The van der Waals surface area contributed by atoms with Crippen molar-refractivity contribution >= 4 is 20.3 Å². The summed E-state index contributed by atoms with van der Waals surface area (Å²) in [5.41, 5.74) is 5.37. The number of hydrogen-bond donors (Lipinski definition) is 0. The van der Waals surface area contributed by atoms with Gasteiger partial charge in [-0.2, -0.15) is 0 Å². The maximum absolute atomic E-state index is 6.11. The first kappa shape index (κ1) is 11.6. The summed E-state index contributed by atoms with van der Waals surface area (Å²) in [4.78, 5) is 0. The fourth-order valence-corrected chi connectivity index (χ4v) is 4.26. The molecule has 0 spiro atoms. The Hall–Kier alpha value is 0.566. The third-order valence-electron chi connectivity index (χ3n) is 3.31. The van der Waals surface area contributed by atoms with E-state index in [0.717, 1.165) is 0 Å². The molecular weight excluding hydrogens is 250 g/mol. The van der Waals surface area contributed by atoms with Crippen LogP contribution in [0.25, 0.3) is 0 Å². The van der Waals surface area contributed by atoms with E-state index in [1.165, 1.54) is 22.3 Å². The average molecular weight is 265 g/mol. The van der Waals surface area contributed by atoms with Crippen molar-refractivity contribution in [2.24, 2.45) is 0 Å². The normalized spacial score (nSPS) is 22.8. The second-order valence-electron chi connectivity index (χ2n) is 3.63. The third-order valence-corrected chi connectivity index (χ3v) is 6.96. The first-order valence-corrected chi connectivity index (χ1v) is 7.55. The van der Waals surface area contributed by atoms with Gasteiger partial charge >= 0.3 is 93.4 Å². The zero-order valence-corrected chi connectivity index (χ0v) is 11.1. The van der Waals surface area contributed by atoms with Crippen molar-refractivity contribution in [2.45, 2.75) is 39.0 Å². The Morgan fingerprint density at radius 2 is 1.23 bits per heavy atom. The Balaban J connectivity index is 3.31. The molecule has 0 aromatic heterocycles. The predicted molar refractivity (Wildman–Crippen MR) is 56.8 cm³/mol. The van der Waals surface area contributed by atoms with E-state index in [0.29, 0.717) is 0 Å². The number of halogens is 2. The molecule has 0 fully saturated rings. The molecule has 0 aliphatic heterocycles. The molecule has 0 saturated carbocycles. The zero-order chi connectivity index (χ0) is 10.4. The second kappa shape index (κ2) is 3.61. The quantitative estimate of drug-likeness (QED) is 0.640. The molecule has 3 heteroatoms. The van der Waals surface area contributed by atoms with E-state index >= 15 is 0 Å². The molecule has 0 N–H and O–H groups in total. The van der Waals surface area contributed by atoms with Gasteiger partial charge in [0.15, 0.2) is 0 Å². The number of allylic oxidation sites excluding steroid dienone is 4. The Labute approximate surface area is 93.2 Å². The van der Waals surface area contributed by atoms with Crippen LogP contribution in [-0.2, 0) is 11.9 Å². The van der Waals surface area contributed by atoms with Gasteiger partial charge in [-0.1, -0.05) is 0 Å². The van der Waals surface area contributed by atoms with Gasteiger partial charge in [0.25, 0.3) is 0 Å². The fourth-order valence-electron chi connectivity index (χ4n) is 1.72. The maximum atomic E-state index is 6.11. The van der Waals surface area contributed by atoms with Crippen LogP contribution in [0.3, 0.4) is 0 Å². The van der Waals surface area contributed by atoms with Crippen LogP contribution in [0.4, 0.5) is 0 Å². The second-order valence-corrected chi connectivity index (χ2v) is 7.82.